The monoisotopic (exact) mass is 267 g/mol. The fourth-order valence-electron chi connectivity index (χ4n) is 3.43. The van der Waals surface area contributed by atoms with Gasteiger partial charge in [0.25, 0.3) is 0 Å². The Morgan fingerprint density at radius 1 is 1.35 bits per heavy atom. The average Bonchev–Trinajstić information content (AvgIpc) is 3.10. The van der Waals surface area contributed by atoms with E-state index in [-0.39, 0.29) is 0 Å². The van der Waals surface area contributed by atoms with Crippen molar-refractivity contribution >= 4 is 11.0 Å². The molecule has 3 nitrogen and oxygen atoms in total. The van der Waals surface area contributed by atoms with Gasteiger partial charge in [0.2, 0.25) is 0 Å². The SMILES string of the molecule is CCn1c(CCC2CCCC2)nc2cc(C#N)ccc21. The molecule has 1 heterocycles. The van der Waals surface area contributed by atoms with Gasteiger partial charge in [0.05, 0.1) is 22.7 Å². The number of aryl methyl sites for hydroxylation is 2. The third-order valence-corrected chi connectivity index (χ3v) is 4.52. The molecule has 3 heteroatoms. The Morgan fingerprint density at radius 3 is 2.85 bits per heavy atom. The second-order valence-electron chi connectivity index (χ2n) is 5.78. The van der Waals surface area contributed by atoms with Crippen LogP contribution in [0.1, 0.15) is 50.4 Å². The Hall–Kier alpha value is -1.82. The number of fused-ring (bicyclic) bond motifs is 1. The van der Waals surface area contributed by atoms with E-state index in [0.717, 1.165) is 29.9 Å². The van der Waals surface area contributed by atoms with Gasteiger partial charge in [-0.2, -0.15) is 5.26 Å². The third-order valence-electron chi connectivity index (χ3n) is 4.52. The molecule has 104 valence electrons. The van der Waals surface area contributed by atoms with Crippen molar-refractivity contribution in [1.29, 1.82) is 5.26 Å². The van der Waals surface area contributed by atoms with Crippen LogP contribution in [-0.2, 0) is 13.0 Å². The standard InChI is InChI=1S/C17H21N3/c1-2-20-16-9-7-14(12-18)11-15(16)19-17(20)10-8-13-5-3-4-6-13/h7,9,11,13H,2-6,8,10H2,1H3. The third kappa shape index (κ3) is 2.43. The van der Waals surface area contributed by atoms with Crippen LogP contribution in [0.15, 0.2) is 18.2 Å². The summed E-state index contributed by atoms with van der Waals surface area (Å²) in [5.74, 6) is 2.08. The molecule has 1 aromatic heterocycles. The van der Waals surface area contributed by atoms with E-state index in [1.807, 2.05) is 18.2 Å². The van der Waals surface area contributed by atoms with Crippen molar-refractivity contribution in [3.05, 3.63) is 29.6 Å². The lowest BCUT2D eigenvalue weighted by atomic mass is 10.0. The van der Waals surface area contributed by atoms with Crippen LogP contribution in [0.2, 0.25) is 0 Å². The quantitative estimate of drug-likeness (QED) is 0.838. The molecule has 0 spiro atoms. The average molecular weight is 267 g/mol. The second-order valence-corrected chi connectivity index (χ2v) is 5.78. The van der Waals surface area contributed by atoms with E-state index in [2.05, 4.69) is 17.6 Å². The topological polar surface area (TPSA) is 41.6 Å². The number of imidazole rings is 1. The number of nitrogens with zero attached hydrogens (tertiary/aromatic N) is 3. The summed E-state index contributed by atoms with van der Waals surface area (Å²) < 4.78 is 2.30. The lowest BCUT2D eigenvalue weighted by Crippen LogP contribution is -2.04. The number of hydrogen-bond donors (Lipinski definition) is 0. The molecule has 3 rings (SSSR count). The van der Waals surface area contributed by atoms with Crippen LogP contribution >= 0.6 is 0 Å². The van der Waals surface area contributed by atoms with E-state index in [4.69, 9.17) is 10.2 Å². The van der Waals surface area contributed by atoms with E-state index in [1.54, 1.807) is 0 Å². The Bertz CT molecular complexity index is 642. The second kappa shape index (κ2) is 5.66. The Morgan fingerprint density at radius 2 is 2.15 bits per heavy atom. The van der Waals surface area contributed by atoms with Crippen LogP contribution in [0.5, 0.6) is 0 Å². The summed E-state index contributed by atoms with van der Waals surface area (Å²) in [5, 5.41) is 8.99. The zero-order chi connectivity index (χ0) is 13.9. The van der Waals surface area contributed by atoms with Gasteiger partial charge in [-0.05, 0) is 37.5 Å². The lowest BCUT2D eigenvalue weighted by Gasteiger charge is -2.09. The summed E-state index contributed by atoms with van der Waals surface area (Å²) in [4.78, 5) is 4.76. The van der Waals surface area contributed by atoms with Crippen molar-refractivity contribution in [1.82, 2.24) is 9.55 Å². The molecule has 0 unspecified atom stereocenters. The number of benzene rings is 1. The number of nitriles is 1. The molecule has 1 saturated carbocycles. The maximum absolute atomic E-state index is 8.99. The summed E-state index contributed by atoms with van der Waals surface area (Å²) in [6.45, 7) is 3.11. The normalized spacial score (nSPS) is 15.8. The van der Waals surface area contributed by atoms with Crippen molar-refractivity contribution < 1.29 is 0 Å². The van der Waals surface area contributed by atoms with Gasteiger partial charge < -0.3 is 4.57 Å². The highest BCUT2D eigenvalue weighted by atomic mass is 15.1. The summed E-state index contributed by atoms with van der Waals surface area (Å²) in [7, 11) is 0. The van der Waals surface area contributed by atoms with Crippen LogP contribution in [0.25, 0.3) is 11.0 Å². The van der Waals surface area contributed by atoms with E-state index in [1.165, 1.54) is 37.9 Å². The highest BCUT2D eigenvalue weighted by Gasteiger charge is 2.17. The molecule has 2 aromatic rings. The Kier molecular flexibility index (Phi) is 3.73. The van der Waals surface area contributed by atoms with E-state index >= 15 is 0 Å². The smallest absolute Gasteiger partial charge is 0.109 e. The van der Waals surface area contributed by atoms with Gasteiger partial charge in [-0.1, -0.05) is 25.7 Å². The van der Waals surface area contributed by atoms with Crippen LogP contribution in [0.4, 0.5) is 0 Å². The number of hydrogen-bond acceptors (Lipinski definition) is 2. The van der Waals surface area contributed by atoms with Gasteiger partial charge in [0.1, 0.15) is 5.82 Å². The van der Waals surface area contributed by atoms with Crippen molar-refractivity contribution in [2.75, 3.05) is 0 Å². The molecule has 0 aliphatic heterocycles. The molecule has 0 radical (unpaired) electrons. The lowest BCUT2D eigenvalue weighted by molar-refractivity contribution is 0.491. The minimum Gasteiger partial charge on any atom is -0.328 e. The molecular formula is C17H21N3. The highest BCUT2D eigenvalue weighted by molar-refractivity contribution is 5.77. The first-order valence-electron chi connectivity index (χ1n) is 7.71. The molecular weight excluding hydrogens is 246 g/mol. The zero-order valence-electron chi connectivity index (χ0n) is 12.1. The fourth-order valence-corrected chi connectivity index (χ4v) is 3.43. The summed E-state index contributed by atoms with van der Waals surface area (Å²) in [5.41, 5.74) is 2.82. The van der Waals surface area contributed by atoms with Crippen molar-refractivity contribution in [3.8, 4) is 6.07 Å². The molecule has 0 amide bonds. The highest BCUT2D eigenvalue weighted by Crippen LogP contribution is 2.29. The molecule has 0 N–H and O–H groups in total. The fraction of sp³-hybridized carbons (Fsp3) is 0.529. The Labute approximate surface area is 120 Å². The first-order valence-corrected chi connectivity index (χ1v) is 7.71. The van der Waals surface area contributed by atoms with E-state index in [9.17, 15) is 0 Å². The van der Waals surface area contributed by atoms with E-state index in [0.29, 0.717) is 5.56 Å². The molecule has 0 bridgehead atoms. The molecule has 20 heavy (non-hydrogen) atoms. The minimum atomic E-state index is 0.695. The van der Waals surface area contributed by atoms with Crippen LogP contribution in [0, 0.1) is 17.2 Å². The van der Waals surface area contributed by atoms with Gasteiger partial charge >= 0.3 is 0 Å². The predicted molar refractivity (Wildman–Crippen MR) is 80.4 cm³/mol. The minimum absolute atomic E-state index is 0.695. The van der Waals surface area contributed by atoms with E-state index < -0.39 is 0 Å². The largest absolute Gasteiger partial charge is 0.328 e. The summed E-state index contributed by atoms with van der Waals surface area (Å²) >= 11 is 0. The van der Waals surface area contributed by atoms with Crippen LogP contribution in [-0.4, -0.2) is 9.55 Å². The van der Waals surface area contributed by atoms with Crippen molar-refractivity contribution in [2.24, 2.45) is 5.92 Å². The molecule has 1 aliphatic rings. The molecule has 1 aliphatic carbocycles. The van der Waals surface area contributed by atoms with Crippen molar-refractivity contribution in [2.45, 2.75) is 52.0 Å². The first kappa shape index (κ1) is 13.2. The van der Waals surface area contributed by atoms with Gasteiger partial charge in [0, 0.05) is 13.0 Å². The van der Waals surface area contributed by atoms with Gasteiger partial charge in [-0.25, -0.2) is 4.98 Å². The van der Waals surface area contributed by atoms with Crippen LogP contribution in [0.3, 0.4) is 0 Å². The maximum atomic E-state index is 8.99. The molecule has 0 saturated heterocycles. The van der Waals surface area contributed by atoms with Crippen molar-refractivity contribution in [3.63, 3.8) is 0 Å². The molecule has 1 aromatic carbocycles. The first-order chi connectivity index (χ1) is 9.81. The molecule has 0 atom stereocenters. The van der Waals surface area contributed by atoms with Gasteiger partial charge in [-0.3, -0.25) is 0 Å². The van der Waals surface area contributed by atoms with Crippen LogP contribution < -0.4 is 0 Å². The van der Waals surface area contributed by atoms with Gasteiger partial charge in [0.15, 0.2) is 0 Å². The zero-order valence-corrected chi connectivity index (χ0v) is 12.1. The summed E-state index contributed by atoms with van der Waals surface area (Å²) in [6, 6.07) is 8.01. The number of aromatic nitrogens is 2. The summed E-state index contributed by atoms with van der Waals surface area (Å²) in [6.07, 6.45) is 7.92. The molecule has 1 fully saturated rings. The maximum Gasteiger partial charge on any atom is 0.109 e. The Balaban J connectivity index is 1.87. The number of rotatable bonds is 4. The predicted octanol–water partition coefficient (Wildman–Crippen LogP) is 4.05. The van der Waals surface area contributed by atoms with Gasteiger partial charge in [-0.15, -0.1) is 0 Å².